The maximum Gasteiger partial charge on any atom is 0.323 e. The number of primary amides is 1. The zero-order chi connectivity index (χ0) is 29.4. The lowest BCUT2D eigenvalue weighted by atomic mass is 9.87. The first-order valence-electron chi connectivity index (χ1n) is 13.1. The number of aliphatic hydroxyl groups excluding tert-OH is 1. The average Bonchev–Trinajstić information content (AvgIpc) is 2.89. The Balaban J connectivity index is 1.77. The molecule has 3 rings (SSSR count). The van der Waals surface area contributed by atoms with Crippen molar-refractivity contribution in [3.63, 3.8) is 0 Å². The predicted octanol–water partition coefficient (Wildman–Crippen LogP) is 2.41. The fourth-order valence-corrected chi connectivity index (χ4v) is 4.28. The van der Waals surface area contributed by atoms with Crippen LogP contribution in [0.25, 0.3) is 11.0 Å². The molecule has 2 aromatic carbocycles. The molecule has 11 heteroatoms. The summed E-state index contributed by atoms with van der Waals surface area (Å²) in [5.41, 5.74) is 12.0. The lowest BCUT2D eigenvalue weighted by Crippen LogP contribution is -2.47. The molecule has 214 valence electrons. The van der Waals surface area contributed by atoms with E-state index in [4.69, 9.17) is 16.2 Å². The lowest BCUT2D eigenvalue weighted by Gasteiger charge is -2.30. The van der Waals surface area contributed by atoms with Crippen LogP contribution >= 0.6 is 0 Å². The van der Waals surface area contributed by atoms with Crippen LogP contribution in [0.5, 0.6) is 0 Å². The van der Waals surface area contributed by atoms with Gasteiger partial charge < -0.3 is 26.6 Å². The van der Waals surface area contributed by atoms with Gasteiger partial charge in [0.25, 0.3) is 5.91 Å². The number of ether oxygens (including phenoxy) is 1. The third-order valence-electron chi connectivity index (χ3n) is 6.58. The van der Waals surface area contributed by atoms with Gasteiger partial charge in [-0.15, -0.1) is 0 Å². The first kappa shape index (κ1) is 30.6. The van der Waals surface area contributed by atoms with Gasteiger partial charge in [0.05, 0.1) is 29.4 Å². The van der Waals surface area contributed by atoms with Gasteiger partial charge in [-0.05, 0) is 76.3 Å². The summed E-state index contributed by atoms with van der Waals surface area (Å²) in [7, 11) is 0. The van der Waals surface area contributed by atoms with Gasteiger partial charge in [-0.3, -0.25) is 19.4 Å². The summed E-state index contributed by atoms with van der Waals surface area (Å²) in [4.78, 5) is 46.0. The fourth-order valence-electron chi connectivity index (χ4n) is 4.28. The van der Waals surface area contributed by atoms with E-state index < -0.39 is 53.3 Å². The minimum absolute atomic E-state index is 0.0410. The standard InChI is InChI=1S/C29H36FN5O5/c1-17(31)28(39)40-29(2,3)12-11-19(26(32)37)15-25(36)23(14-18-7-6-8-20(30)13-18)35-27(38)24-16-33-21-9-4-5-10-22(21)34-24/h4-10,13,16-17,19,23,25,36H,11-12,14-15,31H2,1-3H3,(H2,32,37)(H,35,38)/t17-,19+,23-,25-/m0/s1. The summed E-state index contributed by atoms with van der Waals surface area (Å²) in [6, 6.07) is 11.2. The topological polar surface area (TPSA) is 171 Å². The van der Waals surface area contributed by atoms with Crippen molar-refractivity contribution in [3.8, 4) is 0 Å². The molecule has 6 N–H and O–H groups in total. The third kappa shape index (κ3) is 8.78. The summed E-state index contributed by atoms with van der Waals surface area (Å²) in [6.45, 7) is 4.90. The highest BCUT2D eigenvalue weighted by atomic mass is 19.1. The summed E-state index contributed by atoms with van der Waals surface area (Å²) in [5, 5.41) is 14.0. The molecule has 40 heavy (non-hydrogen) atoms. The van der Waals surface area contributed by atoms with Crippen LogP contribution in [0.4, 0.5) is 4.39 Å². The second-order valence-electron chi connectivity index (χ2n) is 10.6. The molecular weight excluding hydrogens is 517 g/mol. The SMILES string of the molecule is C[C@H](N)C(=O)OC(C)(C)CC[C@H](C[C@H](O)[C@H](Cc1cccc(F)c1)NC(=O)c1cnc2ccccc2n1)C(N)=O. The Morgan fingerprint density at radius 3 is 2.48 bits per heavy atom. The number of aromatic nitrogens is 2. The smallest absolute Gasteiger partial charge is 0.323 e. The van der Waals surface area contributed by atoms with Gasteiger partial charge in [-0.1, -0.05) is 24.3 Å². The Bertz CT molecular complexity index is 1350. The monoisotopic (exact) mass is 553 g/mol. The van der Waals surface area contributed by atoms with Crippen LogP contribution in [0, 0.1) is 11.7 Å². The molecule has 1 aromatic heterocycles. The van der Waals surface area contributed by atoms with Crippen molar-refractivity contribution in [3.05, 3.63) is 71.8 Å². The summed E-state index contributed by atoms with van der Waals surface area (Å²) in [6.07, 6.45) is 0.584. The summed E-state index contributed by atoms with van der Waals surface area (Å²) in [5.74, 6) is -3.06. The zero-order valence-corrected chi connectivity index (χ0v) is 22.8. The minimum Gasteiger partial charge on any atom is -0.459 e. The molecule has 0 aliphatic heterocycles. The minimum atomic E-state index is -1.23. The van der Waals surface area contributed by atoms with E-state index in [1.807, 2.05) is 0 Å². The Morgan fingerprint density at radius 2 is 1.82 bits per heavy atom. The van der Waals surface area contributed by atoms with E-state index in [0.717, 1.165) is 0 Å². The Labute approximate surface area is 232 Å². The summed E-state index contributed by atoms with van der Waals surface area (Å²) < 4.78 is 19.3. The number of benzene rings is 2. The third-order valence-corrected chi connectivity index (χ3v) is 6.58. The number of aliphatic hydroxyl groups is 1. The molecule has 0 spiro atoms. The van der Waals surface area contributed by atoms with Crippen molar-refractivity contribution in [1.29, 1.82) is 0 Å². The second-order valence-corrected chi connectivity index (χ2v) is 10.6. The van der Waals surface area contributed by atoms with E-state index in [-0.39, 0.29) is 31.4 Å². The predicted molar refractivity (Wildman–Crippen MR) is 147 cm³/mol. The average molecular weight is 554 g/mol. The number of nitrogens with zero attached hydrogens (tertiary/aromatic N) is 2. The van der Waals surface area contributed by atoms with Crippen molar-refractivity contribution >= 4 is 28.8 Å². The molecule has 0 unspecified atom stereocenters. The largest absolute Gasteiger partial charge is 0.459 e. The maximum absolute atomic E-state index is 13.9. The van der Waals surface area contributed by atoms with E-state index in [2.05, 4.69) is 15.3 Å². The number of carbonyl (C=O) groups is 3. The number of rotatable bonds is 13. The van der Waals surface area contributed by atoms with E-state index in [1.54, 1.807) is 44.2 Å². The number of carbonyl (C=O) groups excluding carboxylic acids is 3. The van der Waals surface area contributed by atoms with Crippen LogP contribution in [-0.4, -0.2) is 56.6 Å². The number of hydrogen-bond donors (Lipinski definition) is 4. The zero-order valence-electron chi connectivity index (χ0n) is 22.8. The number of nitrogens with one attached hydrogen (secondary N) is 1. The number of para-hydroxylation sites is 2. The van der Waals surface area contributed by atoms with Crippen molar-refractivity contribution < 1.29 is 28.6 Å². The number of fused-ring (bicyclic) bond motifs is 1. The van der Waals surface area contributed by atoms with Gasteiger partial charge in [0.2, 0.25) is 5.91 Å². The highest BCUT2D eigenvalue weighted by molar-refractivity contribution is 5.94. The van der Waals surface area contributed by atoms with Crippen LogP contribution < -0.4 is 16.8 Å². The normalized spacial score (nSPS) is 14.7. The van der Waals surface area contributed by atoms with Crippen LogP contribution in [0.3, 0.4) is 0 Å². The molecule has 2 amide bonds. The van der Waals surface area contributed by atoms with Gasteiger partial charge in [-0.25, -0.2) is 9.37 Å². The summed E-state index contributed by atoms with van der Waals surface area (Å²) >= 11 is 0. The quantitative estimate of drug-likeness (QED) is 0.234. The molecule has 10 nitrogen and oxygen atoms in total. The highest BCUT2D eigenvalue weighted by Crippen LogP contribution is 2.25. The first-order chi connectivity index (χ1) is 18.8. The van der Waals surface area contributed by atoms with Crippen molar-refractivity contribution in [1.82, 2.24) is 15.3 Å². The molecule has 3 aromatic rings. The molecule has 0 fully saturated rings. The highest BCUT2D eigenvalue weighted by Gasteiger charge is 2.31. The fraction of sp³-hybridized carbons (Fsp3) is 0.414. The molecule has 4 atom stereocenters. The molecule has 0 saturated heterocycles. The van der Waals surface area contributed by atoms with Crippen molar-refractivity contribution in [2.45, 2.75) is 70.2 Å². The molecular formula is C29H36FN5O5. The van der Waals surface area contributed by atoms with E-state index >= 15 is 0 Å². The molecule has 0 bridgehead atoms. The van der Waals surface area contributed by atoms with Crippen molar-refractivity contribution in [2.24, 2.45) is 17.4 Å². The van der Waals surface area contributed by atoms with Gasteiger partial charge in [-0.2, -0.15) is 0 Å². The molecule has 1 heterocycles. The van der Waals surface area contributed by atoms with Gasteiger partial charge in [0, 0.05) is 5.92 Å². The molecule has 0 saturated carbocycles. The Hall–Kier alpha value is -3.96. The van der Waals surface area contributed by atoms with Crippen molar-refractivity contribution in [2.75, 3.05) is 0 Å². The van der Waals surface area contributed by atoms with Crippen LogP contribution in [0.1, 0.15) is 56.1 Å². The number of esters is 1. The Kier molecular flexibility index (Phi) is 10.2. The Morgan fingerprint density at radius 1 is 1.12 bits per heavy atom. The molecule has 0 radical (unpaired) electrons. The maximum atomic E-state index is 13.9. The molecule has 0 aliphatic rings. The first-order valence-corrected chi connectivity index (χ1v) is 13.1. The van der Waals surface area contributed by atoms with Gasteiger partial charge >= 0.3 is 5.97 Å². The number of nitrogens with two attached hydrogens (primary N) is 2. The van der Waals surface area contributed by atoms with Gasteiger partial charge in [0.1, 0.15) is 23.2 Å². The van der Waals surface area contributed by atoms with E-state index in [1.165, 1.54) is 31.3 Å². The number of halogens is 1. The van der Waals surface area contributed by atoms with Crippen LogP contribution in [0.15, 0.2) is 54.7 Å². The van der Waals surface area contributed by atoms with Crippen LogP contribution in [0.2, 0.25) is 0 Å². The molecule has 0 aliphatic carbocycles. The van der Waals surface area contributed by atoms with E-state index in [9.17, 15) is 23.9 Å². The number of hydrogen-bond acceptors (Lipinski definition) is 8. The lowest BCUT2D eigenvalue weighted by molar-refractivity contribution is -0.158. The van der Waals surface area contributed by atoms with Gasteiger partial charge in [0.15, 0.2) is 0 Å². The van der Waals surface area contributed by atoms with E-state index in [0.29, 0.717) is 16.6 Å². The second kappa shape index (κ2) is 13.4. The van der Waals surface area contributed by atoms with Crippen LogP contribution in [-0.2, 0) is 20.7 Å². The number of amides is 2.